The Bertz CT molecular complexity index is 556. The number of nitrogens with one attached hydrogen (secondary N) is 2. The third-order valence-corrected chi connectivity index (χ3v) is 2.00. The lowest BCUT2D eigenvalue weighted by Gasteiger charge is -1.86. The molecule has 4 heteroatoms. The van der Waals surface area contributed by atoms with E-state index in [1.807, 2.05) is 6.92 Å². The van der Waals surface area contributed by atoms with E-state index in [9.17, 15) is 4.79 Å². The maximum Gasteiger partial charge on any atom is 0.248 e. The van der Waals surface area contributed by atoms with Gasteiger partial charge < -0.3 is 9.97 Å². The van der Waals surface area contributed by atoms with E-state index in [2.05, 4.69) is 16.0 Å². The van der Waals surface area contributed by atoms with E-state index in [1.54, 1.807) is 6.20 Å². The van der Waals surface area contributed by atoms with Crippen LogP contribution in [0.5, 0.6) is 0 Å². The van der Waals surface area contributed by atoms with Gasteiger partial charge in [-0.3, -0.25) is 4.79 Å². The van der Waals surface area contributed by atoms with Gasteiger partial charge in [0.1, 0.15) is 6.07 Å². The highest BCUT2D eigenvalue weighted by Gasteiger charge is 2.07. The van der Waals surface area contributed by atoms with Crippen molar-refractivity contribution in [1.82, 2.24) is 9.97 Å². The molecular formula is C9H7N3O. The van der Waals surface area contributed by atoms with Gasteiger partial charge in [-0.2, -0.15) is 5.26 Å². The first kappa shape index (κ1) is 7.62. The van der Waals surface area contributed by atoms with Crippen molar-refractivity contribution in [3.63, 3.8) is 0 Å². The summed E-state index contributed by atoms with van der Waals surface area (Å²) in [6, 6.07) is 3.49. The van der Waals surface area contributed by atoms with Gasteiger partial charge in [-0.25, -0.2) is 0 Å². The summed E-state index contributed by atoms with van der Waals surface area (Å²) in [5, 5.41) is 9.50. The summed E-state index contributed by atoms with van der Waals surface area (Å²) in [6.45, 7) is 1.81. The van der Waals surface area contributed by atoms with Crippen LogP contribution in [0.2, 0.25) is 0 Å². The number of fused-ring (bicyclic) bond motifs is 1. The van der Waals surface area contributed by atoms with Crippen molar-refractivity contribution in [3.8, 4) is 6.07 Å². The predicted octanol–water partition coefficient (Wildman–Crippen LogP) is 1.04. The minimum atomic E-state index is -0.192. The van der Waals surface area contributed by atoms with Crippen LogP contribution in [0.15, 0.2) is 17.1 Å². The van der Waals surface area contributed by atoms with Crippen LogP contribution < -0.4 is 5.56 Å². The molecule has 0 atom stereocenters. The zero-order valence-electron chi connectivity index (χ0n) is 7.01. The number of rotatable bonds is 0. The van der Waals surface area contributed by atoms with Crippen LogP contribution in [-0.4, -0.2) is 9.97 Å². The number of hydrogen-bond donors (Lipinski definition) is 2. The fraction of sp³-hybridized carbons (Fsp3) is 0.111. The Morgan fingerprint density at radius 3 is 3.00 bits per heavy atom. The average Bonchev–Trinajstić information content (AvgIpc) is 2.40. The summed E-state index contributed by atoms with van der Waals surface area (Å²) in [5.41, 5.74) is 1.93. The molecular weight excluding hydrogens is 166 g/mol. The Hall–Kier alpha value is -2.02. The molecule has 2 aromatic heterocycles. The third kappa shape index (κ3) is 1.02. The molecule has 0 saturated carbocycles. The van der Waals surface area contributed by atoms with E-state index in [4.69, 9.17) is 5.26 Å². The summed E-state index contributed by atoms with van der Waals surface area (Å²) in [5.74, 6) is 0. The van der Waals surface area contributed by atoms with Gasteiger partial charge in [0, 0.05) is 23.3 Å². The Labute approximate surface area is 73.8 Å². The number of hydrogen-bond acceptors (Lipinski definition) is 2. The second-order valence-corrected chi connectivity index (χ2v) is 2.86. The number of nitriles is 1. The number of aryl methyl sites for hydroxylation is 1. The highest BCUT2D eigenvalue weighted by molar-refractivity contribution is 5.86. The van der Waals surface area contributed by atoms with Crippen molar-refractivity contribution in [1.29, 1.82) is 5.26 Å². The summed E-state index contributed by atoms with van der Waals surface area (Å²) >= 11 is 0. The zero-order chi connectivity index (χ0) is 9.42. The Kier molecular flexibility index (Phi) is 1.46. The fourth-order valence-corrected chi connectivity index (χ4v) is 1.39. The topological polar surface area (TPSA) is 72.4 Å². The van der Waals surface area contributed by atoms with Gasteiger partial charge in [-0.05, 0) is 6.92 Å². The lowest BCUT2D eigenvalue weighted by atomic mass is 10.2. The van der Waals surface area contributed by atoms with Gasteiger partial charge in [0.05, 0.1) is 11.1 Å². The summed E-state index contributed by atoms with van der Waals surface area (Å²) in [7, 11) is 0. The minimum Gasteiger partial charge on any atom is -0.356 e. The molecule has 2 heterocycles. The van der Waals surface area contributed by atoms with Gasteiger partial charge in [-0.1, -0.05) is 0 Å². The minimum absolute atomic E-state index is 0.192. The van der Waals surface area contributed by atoms with Crippen LogP contribution >= 0.6 is 0 Å². The van der Waals surface area contributed by atoms with E-state index in [-0.39, 0.29) is 5.56 Å². The molecule has 64 valence electrons. The lowest BCUT2D eigenvalue weighted by Crippen LogP contribution is -2.01. The van der Waals surface area contributed by atoms with Crippen molar-refractivity contribution in [2.75, 3.05) is 0 Å². The van der Waals surface area contributed by atoms with Crippen LogP contribution in [0.3, 0.4) is 0 Å². The van der Waals surface area contributed by atoms with Crippen molar-refractivity contribution in [2.45, 2.75) is 6.92 Å². The first-order valence-electron chi connectivity index (χ1n) is 3.83. The molecule has 2 N–H and O–H groups in total. The van der Waals surface area contributed by atoms with E-state index < -0.39 is 0 Å². The standard InChI is InChI=1S/C9H7N3O/c1-5-7(3-10)6-2-9(13)11-4-8(6)12-5/h2,4,12H,1H3,(H,11,13). The highest BCUT2D eigenvalue weighted by atomic mass is 16.1. The zero-order valence-corrected chi connectivity index (χ0v) is 7.01. The molecule has 4 nitrogen and oxygen atoms in total. The second kappa shape index (κ2) is 2.49. The van der Waals surface area contributed by atoms with Crippen LogP contribution in [0.4, 0.5) is 0 Å². The van der Waals surface area contributed by atoms with Gasteiger partial charge in [0.15, 0.2) is 0 Å². The first-order valence-corrected chi connectivity index (χ1v) is 3.83. The molecule has 2 aromatic rings. The Morgan fingerprint density at radius 1 is 1.54 bits per heavy atom. The molecule has 2 rings (SSSR count). The van der Waals surface area contributed by atoms with Gasteiger partial charge >= 0.3 is 0 Å². The predicted molar refractivity (Wildman–Crippen MR) is 48.4 cm³/mol. The number of H-pyrrole nitrogens is 2. The summed E-state index contributed by atoms with van der Waals surface area (Å²) < 4.78 is 0. The van der Waals surface area contributed by atoms with Gasteiger partial charge in [0.25, 0.3) is 0 Å². The van der Waals surface area contributed by atoms with Gasteiger partial charge in [0.2, 0.25) is 5.56 Å². The van der Waals surface area contributed by atoms with E-state index >= 15 is 0 Å². The molecule has 0 aromatic carbocycles. The molecule has 0 unspecified atom stereocenters. The molecule has 0 amide bonds. The molecule has 13 heavy (non-hydrogen) atoms. The maximum absolute atomic E-state index is 11.0. The van der Waals surface area contributed by atoms with Crippen molar-refractivity contribution in [2.24, 2.45) is 0 Å². The number of aromatic nitrogens is 2. The summed E-state index contributed by atoms with van der Waals surface area (Å²) in [4.78, 5) is 16.5. The second-order valence-electron chi connectivity index (χ2n) is 2.86. The Balaban J connectivity index is 2.99. The van der Waals surface area contributed by atoms with E-state index in [0.29, 0.717) is 10.9 Å². The fourth-order valence-electron chi connectivity index (χ4n) is 1.39. The largest absolute Gasteiger partial charge is 0.356 e. The summed E-state index contributed by atoms with van der Waals surface area (Å²) in [6.07, 6.45) is 1.57. The Morgan fingerprint density at radius 2 is 2.31 bits per heavy atom. The van der Waals surface area contributed by atoms with E-state index in [0.717, 1.165) is 11.2 Å². The first-order chi connectivity index (χ1) is 6.22. The quantitative estimate of drug-likeness (QED) is 0.624. The molecule has 0 aliphatic rings. The smallest absolute Gasteiger partial charge is 0.248 e. The molecule has 0 aliphatic carbocycles. The molecule has 0 radical (unpaired) electrons. The van der Waals surface area contributed by atoms with Crippen molar-refractivity contribution in [3.05, 3.63) is 33.9 Å². The number of nitrogens with zero attached hydrogens (tertiary/aromatic N) is 1. The molecule has 0 fully saturated rings. The number of pyridine rings is 1. The molecule has 0 spiro atoms. The molecule has 0 aliphatic heterocycles. The maximum atomic E-state index is 11.0. The van der Waals surface area contributed by atoms with Crippen LogP contribution in [0, 0.1) is 18.3 Å². The van der Waals surface area contributed by atoms with Crippen molar-refractivity contribution >= 4 is 10.9 Å². The normalized spacial score (nSPS) is 10.2. The van der Waals surface area contributed by atoms with Crippen molar-refractivity contribution < 1.29 is 0 Å². The SMILES string of the molecule is Cc1[nH]c2c[nH]c(=O)cc2c1C#N. The lowest BCUT2D eigenvalue weighted by molar-refractivity contribution is 1.24. The van der Waals surface area contributed by atoms with E-state index in [1.165, 1.54) is 6.07 Å². The molecule has 0 bridgehead atoms. The monoisotopic (exact) mass is 173 g/mol. The highest BCUT2D eigenvalue weighted by Crippen LogP contribution is 2.18. The average molecular weight is 173 g/mol. The van der Waals surface area contributed by atoms with Crippen LogP contribution in [0.25, 0.3) is 10.9 Å². The third-order valence-electron chi connectivity index (χ3n) is 2.00. The van der Waals surface area contributed by atoms with Crippen LogP contribution in [0.1, 0.15) is 11.3 Å². The molecule has 0 saturated heterocycles. The van der Waals surface area contributed by atoms with Crippen LogP contribution in [-0.2, 0) is 0 Å². The number of aromatic amines is 2. The van der Waals surface area contributed by atoms with Gasteiger partial charge in [-0.15, -0.1) is 0 Å².